The molecule has 0 aliphatic heterocycles. The van der Waals surface area contributed by atoms with Gasteiger partial charge in [0.15, 0.2) is 5.69 Å². The first-order valence-electron chi connectivity index (χ1n) is 9.58. The van der Waals surface area contributed by atoms with E-state index < -0.39 is 29.6 Å². The summed E-state index contributed by atoms with van der Waals surface area (Å²) >= 11 is 0. The second-order valence-corrected chi connectivity index (χ2v) is 7.39. The zero-order valence-corrected chi connectivity index (χ0v) is 16.1. The Balaban J connectivity index is 1.59. The first-order valence-corrected chi connectivity index (χ1v) is 9.58. The lowest BCUT2D eigenvalue weighted by molar-refractivity contribution is -0.140. The Morgan fingerprint density at radius 3 is 2.63 bits per heavy atom. The highest BCUT2D eigenvalue weighted by molar-refractivity contribution is 6.04. The predicted octanol–water partition coefficient (Wildman–Crippen LogP) is 3.05. The molecule has 1 aliphatic carbocycles. The monoisotopic (exact) mass is 422 g/mol. The minimum absolute atomic E-state index is 0.0785. The summed E-state index contributed by atoms with van der Waals surface area (Å²) < 4.78 is 41.8. The fourth-order valence-electron chi connectivity index (χ4n) is 3.68. The summed E-state index contributed by atoms with van der Waals surface area (Å²) in [6.07, 6.45) is -0.578. The molecule has 0 spiro atoms. The van der Waals surface area contributed by atoms with Gasteiger partial charge in [-0.3, -0.25) is 9.48 Å². The van der Waals surface area contributed by atoms with E-state index in [0.717, 1.165) is 30.1 Å². The summed E-state index contributed by atoms with van der Waals surface area (Å²) in [5.41, 5.74) is -0.905. The average molecular weight is 422 g/mol. The SMILES string of the molecule is Cn1cc(NC(=O)c2ccc3ccc(N[C@@H]4CCCC[C@@H]4O)nn23)c(C(F)(F)F)n1. The first-order chi connectivity index (χ1) is 14.2. The van der Waals surface area contributed by atoms with Gasteiger partial charge in [-0.05, 0) is 37.1 Å². The van der Waals surface area contributed by atoms with E-state index in [1.165, 1.54) is 17.6 Å². The van der Waals surface area contributed by atoms with Crippen LogP contribution in [0, 0.1) is 0 Å². The number of amides is 1. The highest BCUT2D eigenvalue weighted by Gasteiger charge is 2.37. The van der Waals surface area contributed by atoms with Crippen molar-refractivity contribution in [2.45, 2.75) is 44.0 Å². The molecule has 3 aromatic heterocycles. The molecule has 1 amide bonds. The van der Waals surface area contributed by atoms with Crippen LogP contribution in [-0.2, 0) is 13.2 Å². The summed E-state index contributed by atoms with van der Waals surface area (Å²) in [5.74, 6) is -0.271. The minimum Gasteiger partial charge on any atom is -0.391 e. The Morgan fingerprint density at radius 2 is 1.90 bits per heavy atom. The molecule has 11 heteroatoms. The van der Waals surface area contributed by atoms with Crippen molar-refractivity contribution in [2.75, 3.05) is 10.6 Å². The standard InChI is InChI=1S/C19H21F3N6O2/c1-27-10-13(17(26-27)19(20,21)22)24-18(30)14-8-6-11-7-9-16(25-28(11)14)23-12-4-2-3-5-15(12)29/h6-10,12,15,29H,2-5H2,1H3,(H,23,25)(H,24,30)/t12-,15+/m1/s1. The van der Waals surface area contributed by atoms with E-state index >= 15 is 0 Å². The maximum Gasteiger partial charge on any atom is 0.437 e. The van der Waals surface area contributed by atoms with Crippen LogP contribution in [0.5, 0.6) is 0 Å². The number of nitrogens with one attached hydrogen (secondary N) is 2. The zero-order chi connectivity index (χ0) is 21.5. The number of aliphatic hydroxyl groups is 1. The zero-order valence-electron chi connectivity index (χ0n) is 16.1. The number of halogens is 3. The molecule has 0 unspecified atom stereocenters. The van der Waals surface area contributed by atoms with E-state index in [1.807, 2.05) is 0 Å². The maximum atomic E-state index is 13.1. The molecule has 3 N–H and O–H groups in total. The normalized spacial score (nSPS) is 19.8. The first kappa shape index (κ1) is 20.2. The van der Waals surface area contributed by atoms with Crippen molar-refractivity contribution >= 4 is 22.9 Å². The van der Waals surface area contributed by atoms with Crippen molar-refractivity contribution in [3.8, 4) is 0 Å². The fourth-order valence-corrected chi connectivity index (χ4v) is 3.68. The number of hydrogen-bond donors (Lipinski definition) is 3. The highest BCUT2D eigenvalue weighted by Crippen LogP contribution is 2.33. The van der Waals surface area contributed by atoms with E-state index in [2.05, 4.69) is 20.8 Å². The molecule has 0 aromatic carbocycles. The van der Waals surface area contributed by atoms with Crippen LogP contribution in [0.1, 0.15) is 41.9 Å². The maximum absolute atomic E-state index is 13.1. The van der Waals surface area contributed by atoms with Gasteiger partial charge in [-0.2, -0.15) is 18.3 Å². The van der Waals surface area contributed by atoms with E-state index in [1.54, 1.807) is 18.2 Å². The van der Waals surface area contributed by atoms with Crippen LogP contribution in [0.4, 0.5) is 24.7 Å². The van der Waals surface area contributed by atoms with Crippen molar-refractivity contribution < 1.29 is 23.1 Å². The second kappa shape index (κ2) is 7.63. The molecule has 4 rings (SSSR count). The van der Waals surface area contributed by atoms with Crippen LogP contribution in [0.3, 0.4) is 0 Å². The topological polar surface area (TPSA) is 96.5 Å². The third-order valence-electron chi connectivity index (χ3n) is 5.15. The number of carbonyl (C=O) groups excluding carboxylic acids is 1. The quantitative estimate of drug-likeness (QED) is 0.601. The van der Waals surface area contributed by atoms with Gasteiger partial charge in [0.05, 0.1) is 23.3 Å². The van der Waals surface area contributed by atoms with Gasteiger partial charge in [0.2, 0.25) is 0 Å². The molecule has 0 saturated heterocycles. The number of anilines is 2. The van der Waals surface area contributed by atoms with Gasteiger partial charge in [0.1, 0.15) is 11.5 Å². The molecular formula is C19H21F3N6O2. The Hall–Kier alpha value is -3.08. The molecule has 1 fully saturated rings. The molecule has 0 bridgehead atoms. The summed E-state index contributed by atoms with van der Waals surface area (Å²) in [7, 11) is 1.34. The van der Waals surface area contributed by atoms with Crippen LogP contribution in [0.15, 0.2) is 30.5 Å². The number of hydrogen-bond acceptors (Lipinski definition) is 5. The third-order valence-corrected chi connectivity index (χ3v) is 5.15. The lowest BCUT2D eigenvalue weighted by Crippen LogP contribution is -2.36. The van der Waals surface area contributed by atoms with Gasteiger partial charge in [-0.15, -0.1) is 5.10 Å². The average Bonchev–Trinajstić information content (AvgIpc) is 3.26. The molecule has 0 radical (unpaired) electrons. The Kier molecular flexibility index (Phi) is 5.14. The third kappa shape index (κ3) is 3.97. The van der Waals surface area contributed by atoms with E-state index in [0.29, 0.717) is 17.8 Å². The molecule has 30 heavy (non-hydrogen) atoms. The number of aromatic nitrogens is 4. The van der Waals surface area contributed by atoms with Gasteiger partial charge < -0.3 is 15.7 Å². The molecule has 3 heterocycles. The van der Waals surface area contributed by atoms with Crippen molar-refractivity contribution in [1.29, 1.82) is 0 Å². The number of carbonyl (C=O) groups is 1. The fraction of sp³-hybridized carbons (Fsp3) is 0.421. The number of rotatable bonds is 4. The number of fused-ring (bicyclic) bond motifs is 1. The van der Waals surface area contributed by atoms with Crippen LogP contribution < -0.4 is 10.6 Å². The number of aryl methyl sites for hydroxylation is 1. The van der Waals surface area contributed by atoms with Crippen LogP contribution in [0.25, 0.3) is 5.52 Å². The molecule has 2 atom stereocenters. The molecule has 1 aliphatic rings. The van der Waals surface area contributed by atoms with Gasteiger partial charge in [-0.1, -0.05) is 12.8 Å². The van der Waals surface area contributed by atoms with Gasteiger partial charge in [-0.25, -0.2) is 4.52 Å². The Bertz CT molecular complexity index is 1070. The van der Waals surface area contributed by atoms with E-state index in [4.69, 9.17) is 0 Å². The van der Waals surface area contributed by atoms with Crippen molar-refractivity contribution in [2.24, 2.45) is 7.05 Å². The second-order valence-electron chi connectivity index (χ2n) is 7.39. The molecule has 3 aromatic rings. The van der Waals surface area contributed by atoms with E-state index in [9.17, 15) is 23.1 Å². The summed E-state index contributed by atoms with van der Waals surface area (Å²) in [6.45, 7) is 0. The largest absolute Gasteiger partial charge is 0.437 e. The van der Waals surface area contributed by atoms with Crippen molar-refractivity contribution in [3.63, 3.8) is 0 Å². The summed E-state index contributed by atoms with van der Waals surface area (Å²) in [4.78, 5) is 12.7. The lowest BCUT2D eigenvalue weighted by Gasteiger charge is -2.28. The highest BCUT2D eigenvalue weighted by atomic mass is 19.4. The minimum atomic E-state index is -4.69. The summed E-state index contributed by atoms with van der Waals surface area (Å²) in [5, 5.41) is 23.4. The van der Waals surface area contributed by atoms with Gasteiger partial charge in [0.25, 0.3) is 5.91 Å². The van der Waals surface area contributed by atoms with Crippen molar-refractivity contribution in [3.05, 3.63) is 41.9 Å². The number of alkyl halides is 3. The number of nitrogens with zero attached hydrogens (tertiary/aromatic N) is 4. The van der Waals surface area contributed by atoms with Gasteiger partial charge >= 0.3 is 6.18 Å². The Morgan fingerprint density at radius 1 is 1.17 bits per heavy atom. The smallest absolute Gasteiger partial charge is 0.391 e. The molecule has 1 saturated carbocycles. The molecule has 160 valence electrons. The Labute approximate surface area is 169 Å². The van der Waals surface area contributed by atoms with Crippen LogP contribution in [-0.4, -0.2) is 42.6 Å². The van der Waals surface area contributed by atoms with Crippen LogP contribution in [0.2, 0.25) is 0 Å². The summed E-state index contributed by atoms with van der Waals surface area (Å²) in [6, 6.07) is 6.48. The van der Waals surface area contributed by atoms with E-state index in [-0.39, 0.29) is 11.7 Å². The molecular weight excluding hydrogens is 401 g/mol. The predicted molar refractivity (Wildman–Crippen MR) is 103 cm³/mol. The van der Waals surface area contributed by atoms with Gasteiger partial charge in [0, 0.05) is 13.2 Å². The van der Waals surface area contributed by atoms with Crippen LogP contribution >= 0.6 is 0 Å². The van der Waals surface area contributed by atoms with Crippen molar-refractivity contribution in [1.82, 2.24) is 19.4 Å². The lowest BCUT2D eigenvalue weighted by atomic mass is 9.93. The molecule has 8 nitrogen and oxygen atoms in total. The number of aliphatic hydroxyl groups excluding tert-OH is 1.